The van der Waals surface area contributed by atoms with Crippen LogP contribution in [-0.2, 0) is 11.2 Å². The van der Waals surface area contributed by atoms with Gasteiger partial charge in [-0.1, -0.05) is 115 Å². The molecule has 0 saturated heterocycles. The Labute approximate surface area is 207 Å². The van der Waals surface area contributed by atoms with E-state index in [-0.39, 0.29) is 6.42 Å². The van der Waals surface area contributed by atoms with E-state index in [1.165, 1.54) is 89.9 Å². The van der Waals surface area contributed by atoms with Gasteiger partial charge in [-0.3, -0.25) is 4.79 Å². The molecule has 0 aliphatic carbocycles. The standard InChI is InChI=1S/C28H48N2O4/c1-2-3-4-5-6-7-8-9-10-11-12-13-14-15-16-17-22-30-28(33)34-25-20-18-24(19-21-25)23-26(29)27(31)32/h18-21,26H,2-17,22-23,29H2,1H3,(H,30,33)(H,31,32)/t26-/m0/s1. The van der Waals surface area contributed by atoms with Crippen LogP contribution in [0.4, 0.5) is 4.79 Å². The molecule has 1 atom stereocenters. The van der Waals surface area contributed by atoms with Gasteiger partial charge in [0.2, 0.25) is 0 Å². The number of ether oxygens (including phenoxy) is 1. The molecular formula is C28H48N2O4. The molecule has 0 saturated carbocycles. The van der Waals surface area contributed by atoms with E-state index in [4.69, 9.17) is 15.6 Å². The number of rotatable bonds is 21. The molecule has 6 nitrogen and oxygen atoms in total. The van der Waals surface area contributed by atoms with Crippen LogP contribution in [0.1, 0.15) is 115 Å². The van der Waals surface area contributed by atoms with E-state index in [0.717, 1.165) is 18.4 Å². The van der Waals surface area contributed by atoms with E-state index in [1.807, 2.05) is 0 Å². The van der Waals surface area contributed by atoms with Gasteiger partial charge in [0.25, 0.3) is 0 Å². The van der Waals surface area contributed by atoms with Gasteiger partial charge in [-0.2, -0.15) is 0 Å². The van der Waals surface area contributed by atoms with Crippen molar-refractivity contribution in [3.8, 4) is 5.75 Å². The molecule has 1 amide bonds. The van der Waals surface area contributed by atoms with E-state index >= 15 is 0 Å². The van der Waals surface area contributed by atoms with E-state index < -0.39 is 18.1 Å². The van der Waals surface area contributed by atoms with Gasteiger partial charge in [0.1, 0.15) is 11.8 Å². The zero-order chi connectivity index (χ0) is 24.9. The molecule has 0 aliphatic rings. The fraction of sp³-hybridized carbons (Fsp3) is 0.714. The van der Waals surface area contributed by atoms with Crippen LogP contribution < -0.4 is 15.8 Å². The molecule has 0 bridgehead atoms. The number of unbranched alkanes of at least 4 members (excludes halogenated alkanes) is 15. The van der Waals surface area contributed by atoms with Gasteiger partial charge in [-0.15, -0.1) is 0 Å². The smallest absolute Gasteiger partial charge is 0.412 e. The van der Waals surface area contributed by atoms with E-state index in [9.17, 15) is 9.59 Å². The number of nitrogens with two attached hydrogens (primary N) is 1. The van der Waals surface area contributed by atoms with Crippen molar-refractivity contribution in [3.05, 3.63) is 29.8 Å². The van der Waals surface area contributed by atoms with Crippen molar-refractivity contribution in [2.24, 2.45) is 5.73 Å². The van der Waals surface area contributed by atoms with Crippen molar-refractivity contribution >= 4 is 12.1 Å². The predicted octanol–water partition coefficient (Wildman–Crippen LogP) is 6.99. The first-order chi connectivity index (χ1) is 16.5. The van der Waals surface area contributed by atoms with E-state index in [1.54, 1.807) is 24.3 Å². The second-order valence-electron chi connectivity index (χ2n) is 9.41. The maximum absolute atomic E-state index is 11.9. The van der Waals surface area contributed by atoms with Crippen molar-refractivity contribution in [1.29, 1.82) is 0 Å². The van der Waals surface area contributed by atoms with Crippen LogP contribution in [0.15, 0.2) is 24.3 Å². The Hall–Kier alpha value is -2.08. The van der Waals surface area contributed by atoms with E-state index in [0.29, 0.717) is 12.3 Å². The van der Waals surface area contributed by atoms with Gasteiger partial charge in [0, 0.05) is 6.54 Å². The Morgan fingerprint density at radius 2 is 1.24 bits per heavy atom. The Morgan fingerprint density at radius 1 is 0.794 bits per heavy atom. The lowest BCUT2D eigenvalue weighted by Gasteiger charge is -2.09. The van der Waals surface area contributed by atoms with Crippen molar-refractivity contribution in [2.75, 3.05) is 6.54 Å². The number of aliphatic carboxylic acids is 1. The van der Waals surface area contributed by atoms with Crippen molar-refractivity contribution in [2.45, 2.75) is 122 Å². The number of carboxylic acid groups (broad SMARTS) is 1. The summed E-state index contributed by atoms with van der Waals surface area (Å²) in [5, 5.41) is 11.6. The van der Waals surface area contributed by atoms with Gasteiger partial charge < -0.3 is 20.9 Å². The first-order valence-electron chi connectivity index (χ1n) is 13.6. The Balaban J connectivity index is 1.90. The molecule has 4 N–H and O–H groups in total. The molecule has 1 aromatic carbocycles. The van der Waals surface area contributed by atoms with Crippen molar-refractivity contribution in [3.63, 3.8) is 0 Å². The van der Waals surface area contributed by atoms with E-state index in [2.05, 4.69) is 12.2 Å². The largest absolute Gasteiger partial charge is 0.480 e. The molecule has 34 heavy (non-hydrogen) atoms. The lowest BCUT2D eigenvalue weighted by molar-refractivity contribution is -0.138. The minimum atomic E-state index is -1.03. The van der Waals surface area contributed by atoms with Gasteiger partial charge in [-0.25, -0.2) is 4.79 Å². The number of carbonyl (C=O) groups is 2. The molecule has 0 fully saturated rings. The average Bonchev–Trinajstić information content (AvgIpc) is 2.82. The molecule has 0 heterocycles. The lowest BCUT2D eigenvalue weighted by atomic mass is 10.0. The Morgan fingerprint density at radius 3 is 1.68 bits per heavy atom. The summed E-state index contributed by atoms with van der Waals surface area (Å²) in [6.07, 6.45) is 21.0. The highest BCUT2D eigenvalue weighted by Crippen LogP contribution is 2.15. The third-order valence-corrected chi connectivity index (χ3v) is 6.21. The summed E-state index contributed by atoms with van der Waals surface area (Å²) >= 11 is 0. The zero-order valence-electron chi connectivity index (χ0n) is 21.4. The minimum absolute atomic E-state index is 0.237. The first-order valence-corrected chi connectivity index (χ1v) is 13.6. The molecule has 6 heteroatoms. The summed E-state index contributed by atoms with van der Waals surface area (Å²) < 4.78 is 5.25. The van der Waals surface area contributed by atoms with Gasteiger partial charge in [0.15, 0.2) is 0 Å². The summed E-state index contributed by atoms with van der Waals surface area (Å²) in [6, 6.07) is 5.81. The fourth-order valence-corrected chi connectivity index (χ4v) is 4.04. The maximum atomic E-state index is 11.9. The van der Waals surface area contributed by atoms with Crippen LogP contribution in [0.3, 0.4) is 0 Å². The van der Waals surface area contributed by atoms with Crippen molar-refractivity contribution in [1.82, 2.24) is 5.32 Å². The van der Waals surface area contributed by atoms with Crippen LogP contribution in [0.2, 0.25) is 0 Å². The van der Waals surface area contributed by atoms with Crippen LogP contribution in [-0.4, -0.2) is 29.8 Å². The number of carboxylic acids is 1. The summed E-state index contributed by atoms with van der Waals surface area (Å²) in [5.74, 6) is -0.606. The number of hydrogen-bond donors (Lipinski definition) is 3. The summed E-state index contributed by atoms with van der Waals surface area (Å²) in [6.45, 7) is 2.88. The second kappa shape index (κ2) is 20.3. The number of hydrogen-bond acceptors (Lipinski definition) is 4. The SMILES string of the molecule is CCCCCCCCCCCCCCCCCCNC(=O)Oc1ccc(C[C@H](N)C(=O)O)cc1. The second-order valence-corrected chi connectivity index (χ2v) is 9.41. The Bertz CT molecular complexity index is 648. The maximum Gasteiger partial charge on any atom is 0.412 e. The summed E-state index contributed by atoms with van der Waals surface area (Å²) in [5.41, 5.74) is 6.31. The van der Waals surface area contributed by atoms with Gasteiger partial charge in [-0.05, 0) is 30.5 Å². The monoisotopic (exact) mass is 476 g/mol. The van der Waals surface area contributed by atoms with Crippen LogP contribution >= 0.6 is 0 Å². The summed E-state index contributed by atoms with van der Waals surface area (Å²) in [4.78, 5) is 22.7. The van der Waals surface area contributed by atoms with Crippen LogP contribution in [0.5, 0.6) is 5.75 Å². The number of benzene rings is 1. The van der Waals surface area contributed by atoms with Crippen molar-refractivity contribution < 1.29 is 19.4 Å². The number of amides is 1. The predicted molar refractivity (Wildman–Crippen MR) is 139 cm³/mol. The quantitative estimate of drug-likeness (QED) is 0.166. The molecule has 0 unspecified atom stereocenters. The van der Waals surface area contributed by atoms with Gasteiger partial charge >= 0.3 is 12.1 Å². The summed E-state index contributed by atoms with van der Waals surface area (Å²) in [7, 11) is 0. The molecule has 0 aliphatic heterocycles. The van der Waals surface area contributed by atoms with Crippen LogP contribution in [0.25, 0.3) is 0 Å². The highest BCUT2D eigenvalue weighted by molar-refractivity contribution is 5.73. The average molecular weight is 477 g/mol. The highest BCUT2D eigenvalue weighted by atomic mass is 16.6. The third kappa shape index (κ3) is 16.5. The zero-order valence-corrected chi connectivity index (χ0v) is 21.4. The number of carbonyl (C=O) groups excluding carboxylic acids is 1. The van der Waals surface area contributed by atoms with Gasteiger partial charge in [0.05, 0.1) is 0 Å². The molecule has 0 spiro atoms. The highest BCUT2D eigenvalue weighted by Gasteiger charge is 2.12. The molecular weight excluding hydrogens is 428 g/mol. The molecule has 0 aromatic heterocycles. The normalized spacial score (nSPS) is 11.8. The lowest BCUT2D eigenvalue weighted by Crippen LogP contribution is -2.32. The van der Waals surface area contributed by atoms with Crippen LogP contribution in [0, 0.1) is 0 Å². The first kappa shape index (κ1) is 30.0. The Kier molecular flexibility index (Phi) is 17.9. The topological polar surface area (TPSA) is 102 Å². The fourth-order valence-electron chi connectivity index (χ4n) is 4.04. The minimum Gasteiger partial charge on any atom is -0.480 e. The molecule has 0 radical (unpaired) electrons. The third-order valence-electron chi connectivity index (χ3n) is 6.21. The molecule has 1 aromatic rings. The number of nitrogens with one attached hydrogen (secondary N) is 1. The molecule has 194 valence electrons. The molecule has 1 rings (SSSR count).